The zero-order valence-electron chi connectivity index (χ0n) is 12.5. The Morgan fingerprint density at radius 1 is 1.22 bits per heavy atom. The van der Waals surface area contributed by atoms with E-state index >= 15 is 0 Å². The van der Waals surface area contributed by atoms with Gasteiger partial charge in [0.1, 0.15) is 0 Å². The van der Waals surface area contributed by atoms with Crippen molar-refractivity contribution in [2.24, 2.45) is 0 Å². The van der Waals surface area contributed by atoms with Gasteiger partial charge in [-0.05, 0) is 42.8 Å². The first-order valence-electron chi connectivity index (χ1n) is 7.08. The number of rotatable bonds is 4. The van der Waals surface area contributed by atoms with Crippen LogP contribution in [0.1, 0.15) is 15.9 Å². The average molecular weight is 309 g/mol. The second-order valence-electron chi connectivity index (χ2n) is 5.13. The van der Waals surface area contributed by atoms with E-state index in [4.69, 9.17) is 4.74 Å². The van der Waals surface area contributed by atoms with Crippen molar-refractivity contribution in [2.75, 3.05) is 11.9 Å². The quantitative estimate of drug-likeness (QED) is 0.726. The molecule has 0 radical (unpaired) electrons. The van der Waals surface area contributed by atoms with E-state index in [1.165, 1.54) is 0 Å². The normalized spacial score (nSPS) is 10.5. The molecule has 6 heteroatoms. The molecule has 0 saturated carbocycles. The number of benzene rings is 2. The molecule has 2 N–H and O–H groups in total. The second-order valence-corrected chi connectivity index (χ2v) is 5.13. The van der Waals surface area contributed by atoms with Crippen LogP contribution in [-0.2, 0) is 9.53 Å². The molecule has 0 saturated heterocycles. The minimum absolute atomic E-state index is 0.339. The SMILES string of the molecule is Cc1cccc(NC(=O)COC(=O)c2ccc3nc[nH]c3c2)c1. The molecule has 0 atom stereocenters. The number of hydrogen-bond acceptors (Lipinski definition) is 4. The molecular formula is C17H15N3O3. The lowest BCUT2D eigenvalue weighted by molar-refractivity contribution is -0.119. The van der Waals surface area contributed by atoms with E-state index in [0.29, 0.717) is 11.3 Å². The van der Waals surface area contributed by atoms with Crippen LogP contribution in [0.5, 0.6) is 0 Å². The molecule has 1 heterocycles. The molecule has 0 aliphatic heterocycles. The van der Waals surface area contributed by atoms with Gasteiger partial charge in [0.25, 0.3) is 5.91 Å². The Bertz CT molecular complexity index is 870. The standard InChI is InChI=1S/C17H15N3O3/c1-11-3-2-4-13(7-11)20-16(21)9-23-17(22)12-5-6-14-15(8-12)19-10-18-14/h2-8,10H,9H2,1H3,(H,18,19)(H,20,21). The fourth-order valence-corrected chi connectivity index (χ4v) is 2.20. The van der Waals surface area contributed by atoms with Gasteiger partial charge >= 0.3 is 5.97 Å². The maximum Gasteiger partial charge on any atom is 0.338 e. The van der Waals surface area contributed by atoms with Crippen molar-refractivity contribution in [3.05, 3.63) is 59.9 Å². The Morgan fingerprint density at radius 3 is 2.91 bits per heavy atom. The van der Waals surface area contributed by atoms with Gasteiger partial charge in [-0.2, -0.15) is 0 Å². The molecule has 6 nitrogen and oxygen atoms in total. The summed E-state index contributed by atoms with van der Waals surface area (Å²) in [6.07, 6.45) is 1.55. The number of nitrogens with zero attached hydrogens (tertiary/aromatic N) is 1. The summed E-state index contributed by atoms with van der Waals surface area (Å²) in [5.41, 5.74) is 3.57. The van der Waals surface area contributed by atoms with Crippen LogP contribution >= 0.6 is 0 Å². The Hall–Kier alpha value is -3.15. The van der Waals surface area contributed by atoms with Crippen molar-refractivity contribution >= 4 is 28.6 Å². The summed E-state index contributed by atoms with van der Waals surface area (Å²) >= 11 is 0. The van der Waals surface area contributed by atoms with Crippen LogP contribution in [0.4, 0.5) is 5.69 Å². The minimum Gasteiger partial charge on any atom is -0.452 e. The summed E-state index contributed by atoms with van der Waals surface area (Å²) in [4.78, 5) is 30.8. The van der Waals surface area contributed by atoms with Crippen LogP contribution in [0, 0.1) is 6.92 Å². The number of carbonyl (C=O) groups excluding carboxylic acids is 2. The second kappa shape index (κ2) is 6.31. The number of aryl methyl sites for hydroxylation is 1. The van der Waals surface area contributed by atoms with Crippen molar-refractivity contribution in [3.8, 4) is 0 Å². The minimum atomic E-state index is -0.555. The number of H-pyrrole nitrogens is 1. The van der Waals surface area contributed by atoms with Crippen molar-refractivity contribution in [2.45, 2.75) is 6.92 Å². The molecule has 0 unspecified atom stereocenters. The topological polar surface area (TPSA) is 84.1 Å². The van der Waals surface area contributed by atoms with Crippen molar-refractivity contribution < 1.29 is 14.3 Å². The van der Waals surface area contributed by atoms with Crippen LogP contribution < -0.4 is 5.32 Å². The summed E-state index contributed by atoms with van der Waals surface area (Å²) in [6.45, 7) is 1.59. The molecule has 1 amide bonds. The van der Waals surface area contributed by atoms with Gasteiger partial charge in [0.2, 0.25) is 0 Å². The highest BCUT2D eigenvalue weighted by molar-refractivity contribution is 5.97. The van der Waals surface area contributed by atoms with E-state index in [1.54, 1.807) is 30.6 Å². The Balaban J connectivity index is 1.58. The van der Waals surface area contributed by atoms with Crippen molar-refractivity contribution in [3.63, 3.8) is 0 Å². The predicted molar refractivity (Wildman–Crippen MR) is 86.2 cm³/mol. The number of anilines is 1. The van der Waals surface area contributed by atoms with Crippen LogP contribution in [0.25, 0.3) is 11.0 Å². The summed E-state index contributed by atoms with van der Waals surface area (Å²) in [7, 11) is 0. The molecule has 3 aromatic rings. The fraction of sp³-hybridized carbons (Fsp3) is 0.118. The summed E-state index contributed by atoms with van der Waals surface area (Å²) in [6, 6.07) is 12.4. The van der Waals surface area contributed by atoms with Gasteiger partial charge in [0.05, 0.1) is 22.9 Å². The molecule has 0 fully saturated rings. The smallest absolute Gasteiger partial charge is 0.338 e. The largest absolute Gasteiger partial charge is 0.452 e. The Morgan fingerprint density at radius 2 is 2.09 bits per heavy atom. The molecule has 23 heavy (non-hydrogen) atoms. The van der Waals surface area contributed by atoms with E-state index in [-0.39, 0.29) is 12.5 Å². The number of aromatic amines is 1. The number of carbonyl (C=O) groups is 2. The summed E-state index contributed by atoms with van der Waals surface area (Å²) in [5.74, 6) is -0.938. The first-order valence-corrected chi connectivity index (χ1v) is 7.08. The van der Waals surface area contributed by atoms with Gasteiger partial charge in [-0.25, -0.2) is 9.78 Å². The van der Waals surface area contributed by atoms with Crippen molar-refractivity contribution in [1.29, 1.82) is 0 Å². The van der Waals surface area contributed by atoms with Gasteiger partial charge in [-0.1, -0.05) is 12.1 Å². The van der Waals surface area contributed by atoms with Crippen LogP contribution in [-0.4, -0.2) is 28.5 Å². The molecule has 0 bridgehead atoms. The molecule has 116 valence electrons. The molecule has 0 aliphatic rings. The number of aromatic nitrogens is 2. The zero-order chi connectivity index (χ0) is 16.2. The predicted octanol–water partition coefficient (Wildman–Crippen LogP) is 2.67. The molecule has 1 aromatic heterocycles. The van der Waals surface area contributed by atoms with Crippen molar-refractivity contribution in [1.82, 2.24) is 9.97 Å². The fourth-order valence-electron chi connectivity index (χ4n) is 2.20. The Kier molecular flexibility index (Phi) is 4.05. The summed E-state index contributed by atoms with van der Waals surface area (Å²) < 4.78 is 5.03. The van der Waals surface area contributed by atoms with E-state index < -0.39 is 5.97 Å². The number of imidazole rings is 1. The van der Waals surface area contributed by atoms with Gasteiger partial charge in [0.15, 0.2) is 6.61 Å². The van der Waals surface area contributed by atoms with Gasteiger partial charge in [-0.15, -0.1) is 0 Å². The number of fused-ring (bicyclic) bond motifs is 1. The first kappa shape index (κ1) is 14.8. The van der Waals surface area contributed by atoms with Crippen LogP contribution in [0.15, 0.2) is 48.8 Å². The third kappa shape index (κ3) is 3.55. The third-order valence-corrected chi connectivity index (χ3v) is 3.29. The number of hydrogen-bond donors (Lipinski definition) is 2. The highest BCUT2D eigenvalue weighted by Crippen LogP contribution is 2.13. The van der Waals surface area contributed by atoms with Gasteiger partial charge in [0, 0.05) is 5.69 Å². The zero-order valence-corrected chi connectivity index (χ0v) is 12.5. The average Bonchev–Trinajstić information content (AvgIpc) is 3.00. The van der Waals surface area contributed by atoms with E-state index in [0.717, 1.165) is 16.6 Å². The third-order valence-electron chi connectivity index (χ3n) is 3.29. The molecule has 2 aromatic carbocycles. The van der Waals surface area contributed by atoms with Crippen LogP contribution in [0.3, 0.4) is 0 Å². The number of ether oxygens (including phenoxy) is 1. The Labute approximate surface area is 132 Å². The van der Waals surface area contributed by atoms with E-state index in [2.05, 4.69) is 15.3 Å². The number of nitrogens with one attached hydrogen (secondary N) is 2. The molecule has 0 spiro atoms. The lowest BCUT2D eigenvalue weighted by Gasteiger charge is -2.07. The van der Waals surface area contributed by atoms with E-state index in [1.807, 2.05) is 25.1 Å². The van der Waals surface area contributed by atoms with Crippen LogP contribution in [0.2, 0.25) is 0 Å². The lowest BCUT2D eigenvalue weighted by Crippen LogP contribution is -2.20. The number of amides is 1. The molecule has 3 rings (SSSR count). The maximum atomic E-state index is 12.0. The first-order chi connectivity index (χ1) is 11.1. The maximum absolute atomic E-state index is 12.0. The molecule has 0 aliphatic carbocycles. The van der Waals surface area contributed by atoms with Gasteiger partial charge < -0.3 is 15.0 Å². The van der Waals surface area contributed by atoms with E-state index in [9.17, 15) is 9.59 Å². The lowest BCUT2D eigenvalue weighted by atomic mass is 10.2. The monoisotopic (exact) mass is 309 g/mol. The molecular weight excluding hydrogens is 294 g/mol. The summed E-state index contributed by atoms with van der Waals surface area (Å²) in [5, 5.41) is 2.68. The highest BCUT2D eigenvalue weighted by atomic mass is 16.5. The number of esters is 1. The highest BCUT2D eigenvalue weighted by Gasteiger charge is 2.11. The van der Waals surface area contributed by atoms with Gasteiger partial charge in [-0.3, -0.25) is 4.79 Å².